The van der Waals surface area contributed by atoms with E-state index in [4.69, 9.17) is 0 Å². The average Bonchev–Trinajstić information content (AvgIpc) is 2.26. The number of hydrogen-bond donors (Lipinski definition) is 1. The Hall–Kier alpha value is -1.15. The lowest BCUT2D eigenvalue weighted by atomic mass is 9.99. The Morgan fingerprint density at radius 2 is 1.87 bits per heavy atom. The summed E-state index contributed by atoms with van der Waals surface area (Å²) in [6.07, 6.45) is 0.447. The fraction of sp³-hybridized carbons (Fsp3) is 0.462. The largest absolute Gasteiger partial charge is 0.388 e. The maximum absolute atomic E-state index is 11.4. The zero-order valence-corrected chi connectivity index (χ0v) is 9.31. The third kappa shape index (κ3) is 3.84. The summed E-state index contributed by atoms with van der Waals surface area (Å²) in [5.41, 5.74) is 0.883. The van der Waals surface area contributed by atoms with Crippen molar-refractivity contribution >= 4 is 5.78 Å². The summed E-state index contributed by atoms with van der Waals surface area (Å²) in [5, 5.41) is 9.80. The molecule has 0 fully saturated rings. The van der Waals surface area contributed by atoms with Gasteiger partial charge in [0.25, 0.3) is 0 Å². The number of carbonyl (C=O) groups is 1. The van der Waals surface area contributed by atoms with E-state index in [2.05, 4.69) is 0 Å². The Kier molecular flexibility index (Phi) is 4.50. The van der Waals surface area contributed by atoms with Crippen LogP contribution in [-0.2, 0) is 4.79 Å². The molecule has 1 atom stereocenters. The van der Waals surface area contributed by atoms with E-state index in [1.807, 2.05) is 44.2 Å². The van der Waals surface area contributed by atoms with Gasteiger partial charge in [0, 0.05) is 12.3 Å². The van der Waals surface area contributed by atoms with Crippen LogP contribution in [0.1, 0.15) is 38.4 Å². The molecule has 15 heavy (non-hydrogen) atoms. The Morgan fingerprint density at radius 3 is 2.40 bits per heavy atom. The molecule has 0 bridgehead atoms. The zero-order valence-electron chi connectivity index (χ0n) is 9.31. The number of aliphatic hydroxyl groups is 1. The molecule has 0 radical (unpaired) electrons. The van der Waals surface area contributed by atoms with Crippen LogP contribution in [0.3, 0.4) is 0 Å². The molecule has 1 aromatic carbocycles. The van der Waals surface area contributed by atoms with Gasteiger partial charge in [0.2, 0.25) is 0 Å². The number of carbonyl (C=O) groups excluding carboxylic acids is 1. The van der Waals surface area contributed by atoms with Crippen LogP contribution >= 0.6 is 0 Å². The van der Waals surface area contributed by atoms with Gasteiger partial charge in [-0.2, -0.15) is 0 Å². The van der Waals surface area contributed by atoms with Crippen molar-refractivity contribution in [2.45, 2.75) is 32.8 Å². The lowest BCUT2D eigenvalue weighted by Gasteiger charge is -2.11. The Morgan fingerprint density at radius 1 is 1.27 bits per heavy atom. The summed E-state index contributed by atoms with van der Waals surface area (Å²) in [7, 11) is 0. The first-order valence-corrected chi connectivity index (χ1v) is 5.37. The van der Waals surface area contributed by atoms with E-state index >= 15 is 0 Å². The van der Waals surface area contributed by atoms with Crippen LogP contribution in [0.15, 0.2) is 30.3 Å². The van der Waals surface area contributed by atoms with E-state index in [-0.39, 0.29) is 11.7 Å². The molecule has 0 aliphatic heterocycles. The molecule has 82 valence electrons. The summed E-state index contributed by atoms with van der Waals surface area (Å²) in [4.78, 5) is 11.4. The van der Waals surface area contributed by atoms with Gasteiger partial charge in [0.05, 0.1) is 6.10 Å². The van der Waals surface area contributed by atoms with Gasteiger partial charge in [0.15, 0.2) is 0 Å². The van der Waals surface area contributed by atoms with E-state index in [9.17, 15) is 9.90 Å². The second kappa shape index (κ2) is 5.66. The van der Waals surface area contributed by atoms with Crippen molar-refractivity contribution in [3.8, 4) is 0 Å². The minimum atomic E-state index is -0.520. The van der Waals surface area contributed by atoms with Gasteiger partial charge in [-0.3, -0.25) is 4.79 Å². The van der Waals surface area contributed by atoms with E-state index in [1.165, 1.54) is 0 Å². The summed E-state index contributed by atoms with van der Waals surface area (Å²) >= 11 is 0. The molecule has 0 saturated heterocycles. The molecule has 0 heterocycles. The molecule has 2 nitrogen and oxygen atoms in total. The number of Topliss-reactive ketones (excluding diaryl/α,β-unsaturated/α-hetero) is 1. The third-order valence-electron chi connectivity index (χ3n) is 2.49. The van der Waals surface area contributed by atoms with Crippen molar-refractivity contribution in [2.24, 2.45) is 5.92 Å². The molecule has 0 amide bonds. The summed E-state index contributed by atoms with van der Waals surface area (Å²) < 4.78 is 0. The van der Waals surface area contributed by atoms with Crippen molar-refractivity contribution in [1.29, 1.82) is 0 Å². The second-order valence-corrected chi connectivity index (χ2v) is 4.09. The smallest absolute Gasteiger partial charge is 0.135 e. The highest BCUT2D eigenvalue weighted by molar-refractivity contribution is 5.80. The Balaban J connectivity index is 2.44. The lowest BCUT2D eigenvalue weighted by molar-refractivity contribution is -0.122. The van der Waals surface area contributed by atoms with Gasteiger partial charge < -0.3 is 5.11 Å². The van der Waals surface area contributed by atoms with Crippen LogP contribution in [-0.4, -0.2) is 10.9 Å². The Bertz CT molecular complexity index is 304. The van der Waals surface area contributed by atoms with Crippen LogP contribution in [0, 0.1) is 5.92 Å². The van der Waals surface area contributed by atoms with E-state index in [1.54, 1.807) is 0 Å². The minimum Gasteiger partial charge on any atom is -0.388 e. The number of aliphatic hydroxyl groups excluding tert-OH is 1. The van der Waals surface area contributed by atoms with Gasteiger partial charge in [-0.25, -0.2) is 0 Å². The van der Waals surface area contributed by atoms with Crippen LogP contribution in [0.25, 0.3) is 0 Å². The molecule has 2 heteroatoms. The number of hydrogen-bond acceptors (Lipinski definition) is 2. The van der Waals surface area contributed by atoms with Crippen LogP contribution in [0.2, 0.25) is 0 Å². The molecule has 1 unspecified atom stereocenters. The maximum atomic E-state index is 11.4. The zero-order chi connectivity index (χ0) is 11.3. The predicted octanol–water partition coefficient (Wildman–Crippen LogP) is 2.73. The highest BCUT2D eigenvalue weighted by atomic mass is 16.3. The standard InChI is InChI=1S/C13H18O2/c1-10(2)12(14)8-9-13(15)11-6-4-3-5-7-11/h3-7,10,13,15H,8-9H2,1-2H3. The first kappa shape index (κ1) is 11.9. The fourth-order valence-electron chi connectivity index (χ4n) is 1.41. The first-order valence-electron chi connectivity index (χ1n) is 5.37. The molecule has 1 N–H and O–H groups in total. The van der Waals surface area contributed by atoms with Gasteiger partial charge in [-0.1, -0.05) is 44.2 Å². The SMILES string of the molecule is CC(C)C(=O)CCC(O)c1ccccc1. The highest BCUT2D eigenvalue weighted by Gasteiger charge is 2.12. The van der Waals surface area contributed by atoms with Crippen LogP contribution in [0.4, 0.5) is 0 Å². The average molecular weight is 206 g/mol. The molecule has 1 aromatic rings. The highest BCUT2D eigenvalue weighted by Crippen LogP contribution is 2.18. The topological polar surface area (TPSA) is 37.3 Å². The quantitative estimate of drug-likeness (QED) is 0.804. The minimum absolute atomic E-state index is 0.0629. The number of ketones is 1. The molecular formula is C13H18O2. The van der Waals surface area contributed by atoms with E-state index < -0.39 is 6.10 Å². The van der Waals surface area contributed by atoms with Gasteiger partial charge >= 0.3 is 0 Å². The summed E-state index contributed by atoms with van der Waals surface area (Å²) in [5.74, 6) is 0.276. The number of benzene rings is 1. The van der Waals surface area contributed by atoms with Crippen molar-refractivity contribution in [3.05, 3.63) is 35.9 Å². The van der Waals surface area contributed by atoms with Gasteiger partial charge in [-0.15, -0.1) is 0 Å². The lowest BCUT2D eigenvalue weighted by Crippen LogP contribution is -2.09. The molecule has 0 saturated carbocycles. The first-order chi connectivity index (χ1) is 7.11. The Labute approximate surface area is 90.9 Å². The van der Waals surface area contributed by atoms with E-state index in [0.717, 1.165) is 5.56 Å². The summed E-state index contributed by atoms with van der Waals surface area (Å²) in [6.45, 7) is 3.77. The fourth-order valence-corrected chi connectivity index (χ4v) is 1.41. The molecule has 0 aliphatic rings. The molecule has 0 spiro atoms. The van der Waals surface area contributed by atoms with Gasteiger partial charge in [-0.05, 0) is 12.0 Å². The molecule has 1 rings (SSSR count). The second-order valence-electron chi connectivity index (χ2n) is 4.09. The normalized spacial score (nSPS) is 12.8. The van der Waals surface area contributed by atoms with Gasteiger partial charge in [0.1, 0.15) is 5.78 Å². The van der Waals surface area contributed by atoms with Crippen molar-refractivity contribution in [1.82, 2.24) is 0 Å². The molecule has 0 aliphatic carbocycles. The van der Waals surface area contributed by atoms with Crippen LogP contribution < -0.4 is 0 Å². The molecular weight excluding hydrogens is 188 g/mol. The van der Waals surface area contributed by atoms with Crippen LogP contribution in [0.5, 0.6) is 0 Å². The maximum Gasteiger partial charge on any atom is 0.135 e. The van der Waals surface area contributed by atoms with E-state index in [0.29, 0.717) is 12.8 Å². The number of rotatable bonds is 5. The molecule has 0 aromatic heterocycles. The predicted molar refractivity (Wildman–Crippen MR) is 60.5 cm³/mol. The summed E-state index contributed by atoms with van der Waals surface area (Å²) in [6, 6.07) is 9.45. The van der Waals surface area contributed by atoms with Crippen molar-refractivity contribution < 1.29 is 9.90 Å². The monoisotopic (exact) mass is 206 g/mol. The van der Waals surface area contributed by atoms with Crippen molar-refractivity contribution in [3.63, 3.8) is 0 Å². The third-order valence-corrected chi connectivity index (χ3v) is 2.49. The van der Waals surface area contributed by atoms with Crippen molar-refractivity contribution in [2.75, 3.05) is 0 Å².